The van der Waals surface area contributed by atoms with Crippen LogP contribution in [0.15, 0.2) is 6.07 Å². The van der Waals surface area contributed by atoms with Gasteiger partial charge in [-0.25, -0.2) is 9.37 Å². The minimum absolute atomic E-state index is 0.0230. The zero-order chi connectivity index (χ0) is 13.8. The molecule has 0 aliphatic carbocycles. The second-order valence-corrected chi connectivity index (χ2v) is 3.13. The number of aromatic nitrogens is 1. The number of rotatable bonds is 4. The van der Waals surface area contributed by atoms with Gasteiger partial charge in [0.05, 0.1) is 25.3 Å². The Labute approximate surface area is 99.8 Å². The molecule has 0 fully saturated rings. The Hall–Kier alpha value is -2.04. The van der Waals surface area contributed by atoms with Gasteiger partial charge in [-0.3, -0.25) is 0 Å². The molecule has 8 heteroatoms. The zero-order valence-corrected chi connectivity index (χ0v) is 9.21. The largest absolute Gasteiger partial charge is 0.574 e. The van der Waals surface area contributed by atoms with E-state index in [9.17, 15) is 17.6 Å². The van der Waals surface area contributed by atoms with E-state index in [1.54, 1.807) is 6.07 Å². The molecule has 0 saturated carbocycles. The van der Waals surface area contributed by atoms with Crippen LogP contribution in [-0.2, 0) is 13.1 Å². The lowest BCUT2D eigenvalue weighted by Crippen LogP contribution is -2.19. The molecule has 0 atom stereocenters. The lowest BCUT2D eigenvalue weighted by atomic mass is 10.2. The van der Waals surface area contributed by atoms with E-state index in [0.29, 0.717) is 0 Å². The van der Waals surface area contributed by atoms with Gasteiger partial charge in [-0.05, 0) is 6.07 Å². The minimum Gasteiger partial charge on any atom is -0.491 e. The zero-order valence-electron chi connectivity index (χ0n) is 9.21. The Bertz CT molecular complexity index is 468. The highest BCUT2D eigenvalue weighted by atomic mass is 19.4. The normalized spacial score (nSPS) is 10.9. The van der Waals surface area contributed by atoms with Crippen LogP contribution < -0.4 is 9.47 Å². The Kier molecular flexibility index (Phi) is 4.31. The smallest absolute Gasteiger partial charge is 0.491 e. The molecule has 0 amide bonds. The van der Waals surface area contributed by atoms with Gasteiger partial charge in [-0.2, -0.15) is 5.26 Å². The number of hydrogen-bond donors (Lipinski definition) is 0. The van der Waals surface area contributed by atoms with Gasteiger partial charge in [0.2, 0.25) is 0 Å². The minimum atomic E-state index is -4.97. The Morgan fingerprint density at radius 1 is 1.44 bits per heavy atom. The van der Waals surface area contributed by atoms with Gasteiger partial charge in [0.15, 0.2) is 5.75 Å². The summed E-state index contributed by atoms with van der Waals surface area (Å²) in [5, 5.41) is 8.46. The maximum atomic E-state index is 12.7. The molecule has 98 valence electrons. The van der Waals surface area contributed by atoms with Crippen molar-refractivity contribution in [1.82, 2.24) is 4.98 Å². The molecule has 1 aromatic heterocycles. The molecule has 0 N–H and O–H groups in total. The van der Waals surface area contributed by atoms with Crippen molar-refractivity contribution in [1.29, 1.82) is 5.26 Å². The molecule has 0 unspecified atom stereocenters. The second kappa shape index (κ2) is 5.53. The topological polar surface area (TPSA) is 55.1 Å². The molecule has 0 aliphatic heterocycles. The van der Waals surface area contributed by atoms with E-state index in [-0.39, 0.29) is 17.7 Å². The highest BCUT2D eigenvalue weighted by Crippen LogP contribution is 2.34. The van der Waals surface area contributed by atoms with Gasteiger partial charge in [0.1, 0.15) is 6.67 Å². The van der Waals surface area contributed by atoms with Crippen LogP contribution in [0.4, 0.5) is 17.6 Å². The van der Waals surface area contributed by atoms with E-state index in [1.165, 1.54) is 0 Å². The van der Waals surface area contributed by atoms with Crippen molar-refractivity contribution >= 4 is 0 Å². The van der Waals surface area contributed by atoms with E-state index in [4.69, 9.17) is 5.26 Å². The lowest BCUT2D eigenvalue weighted by Gasteiger charge is -2.14. The molecule has 0 aromatic carbocycles. The predicted molar refractivity (Wildman–Crippen MR) is 51.6 cm³/mol. The summed E-state index contributed by atoms with van der Waals surface area (Å²) in [5.74, 6) is -1.33. The van der Waals surface area contributed by atoms with Crippen LogP contribution in [0.2, 0.25) is 0 Å². The molecular formula is C10H8F4N2O2. The first-order chi connectivity index (χ1) is 8.41. The average Bonchev–Trinajstić information content (AvgIpc) is 2.26. The van der Waals surface area contributed by atoms with Crippen LogP contribution >= 0.6 is 0 Å². The van der Waals surface area contributed by atoms with Gasteiger partial charge in [0, 0.05) is 5.56 Å². The molecule has 0 aliphatic rings. The van der Waals surface area contributed by atoms with Crippen molar-refractivity contribution in [3.05, 3.63) is 17.3 Å². The van der Waals surface area contributed by atoms with E-state index < -0.39 is 24.7 Å². The maximum absolute atomic E-state index is 12.7. The number of pyridine rings is 1. The number of halogens is 4. The Balaban J connectivity index is 3.27. The predicted octanol–water partition coefficient (Wildman–Crippen LogP) is 2.52. The molecule has 0 radical (unpaired) electrons. The summed E-state index contributed by atoms with van der Waals surface area (Å²) < 4.78 is 57.4. The summed E-state index contributed by atoms with van der Waals surface area (Å²) in [5.41, 5.74) is -0.179. The quantitative estimate of drug-likeness (QED) is 0.784. The number of ether oxygens (including phenoxy) is 2. The fourth-order valence-electron chi connectivity index (χ4n) is 1.29. The third-order valence-corrected chi connectivity index (χ3v) is 1.89. The van der Waals surface area contributed by atoms with Gasteiger partial charge in [-0.15, -0.1) is 13.2 Å². The summed E-state index contributed by atoms with van der Waals surface area (Å²) in [6.07, 6.45) is -5.23. The highest BCUT2D eigenvalue weighted by Gasteiger charge is 2.34. The van der Waals surface area contributed by atoms with Crippen LogP contribution in [-0.4, -0.2) is 18.5 Å². The van der Waals surface area contributed by atoms with Gasteiger partial charge >= 0.3 is 6.36 Å². The Morgan fingerprint density at radius 3 is 2.56 bits per heavy atom. The van der Waals surface area contributed by atoms with Crippen molar-refractivity contribution in [3.63, 3.8) is 0 Å². The number of methoxy groups -OCH3 is 1. The lowest BCUT2D eigenvalue weighted by molar-refractivity contribution is -0.276. The SMILES string of the molecule is COc1c(CF)cc(CC#N)nc1OC(F)(F)F. The molecule has 4 nitrogen and oxygen atoms in total. The van der Waals surface area contributed by atoms with Crippen molar-refractivity contribution < 1.29 is 27.0 Å². The van der Waals surface area contributed by atoms with E-state index >= 15 is 0 Å². The van der Waals surface area contributed by atoms with Crippen LogP contribution in [0.25, 0.3) is 0 Å². The highest BCUT2D eigenvalue weighted by molar-refractivity contribution is 5.43. The number of hydrogen-bond acceptors (Lipinski definition) is 4. The second-order valence-electron chi connectivity index (χ2n) is 3.13. The van der Waals surface area contributed by atoms with Crippen LogP contribution in [0.5, 0.6) is 11.6 Å². The summed E-state index contributed by atoms with van der Waals surface area (Å²) in [6, 6.07) is 2.86. The molecule has 0 spiro atoms. The fourth-order valence-corrected chi connectivity index (χ4v) is 1.29. The number of nitriles is 1. The third kappa shape index (κ3) is 3.48. The van der Waals surface area contributed by atoms with Crippen molar-refractivity contribution in [3.8, 4) is 17.7 Å². The standard InChI is InChI=1S/C10H8F4N2O2/c1-17-8-6(5-11)4-7(2-3-15)16-9(8)18-10(12,13)14/h4H,2,5H2,1H3. The van der Waals surface area contributed by atoms with Gasteiger partial charge < -0.3 is 9.47 Å². The summed E-state index contributed by atoms with van der Waals surface area (Å²) in [7, 11) is 1.07. The summed E-state index contributed by atoms with van der Waals surface area (Å²) in [4.78, 5) is 3.47. The van der Waals surface area contributed by atoms with E-state index in [1.807, 2.05) is 0 Å². The molecule has 1 rings (SSSR count). The first kappa shape index (κ1) is 14.0. The van der Waals surface area contributed by atoms with Crippen molar-refractivity contribution in [2.75, 3.05) is 7.11 Å². The van der Waals surface area contributed by atoms with Crippen LogP contribution in [0.3, 0.4) is 0 Å². The first-order valence-corrected chi connectivity index (χ1v) is 4.66. The number of alkyl halides is 4. The van der Waals surface area contributed by atoms with Crippen molar-refractivity contribution in [2.24, 2.45) is 0 Å². The third-order valence-electron chi connectivity index (χ3n) is 1.89. The van der Waals surface area contributed by atoms with E-state index in [2.05, 4.69) is 14.5 Å². The molecule has 18 heavy (non-hydrogen) atoms. The fraction of sp³-hybridized carbons (Fsp3) is 0.400. The first-order valence-electron chi connectivity index (χ1n) is 4.66. The average molecular weight is 264 g/mol. The maximum Gasteiger partial charge on any atom is 0.574 e. The van der Waals surface area contributed by atoms with Gasteiger partial charge in [0.25, 0.3) is 5.88 Å². The summed E-state index contributed by atoms with van der Waals surface area (Å²) >= 11 is 0. The van der Waals surface area contributed by atoms with Crippen LogP contribution in [0.1, 0.15) is 11.3 Å². The van der Waals surface area contributed by atoms with E-state index in [0.717, 1.165) is 13.2 Å². The monoisotopic (exact) mass is 264 g/mol. The molecule has 1 aromatic rings. The van der Waals surface area contributed by atoms with Gasteiger partial charge in [-0.1, -0.05) is 0 Å². The molecule has 0 bridgehead atoms. The molecular weight excluding hydrogens is 256 g/mol. The Morgan fingerprint density at radius 2 is 2.11 bits per heavy atom. The molecule has 0 saturated heterocycles. The molecule has 1 heterocycles. The summed E-state index contributed by atoms with van der Waals surface area (Å²) in [6.45, 7) is -1.06. The van der Waals surface area contributed by atoms with Crippen LogP contribution in [0, 0.1) is 11.3 Å². The number of nitrogens with zero attached hydrogens (tertiary/aromatic N) is 2. The van der Waals surface area contributed by atoms with Crippen molar-refractivity contribution in [2.45, 2.75) is 19.5 Å².